The van der Waals surface area contributed by atoms with Crippen LogP contribution in [-0.2, 0) is 6.54 Å². The molecule has 2 rings (SSSR count). The van der Waals surface area contributed by atoms with Gasteiger partial charge in [-0.2, -0.15) is 5.10 Å². The number of halogens is 5. The van der Waals surface area contributed by atoms with Crippen LogP contribution in [0.2, 0.25) is 0 Å². The summed E-state index contributed by atoms with van der Waals surface area (Å²) in [6.45, 7) is -0.686. The van der Waals surface area contributed by atoms with Gasteiger partial charge in [0.25, 0.3) is 6.43 Å². The number of phenolic OH excluding ortho intramolecular Hbond substituents is 1. The van der Waals surface area contributed by atoms with Crippen molar-refractivity contribution in [1.29, 1.82) is 0 Å². The molecule has 1 heterocycles. The van der Waals surface area contributed by atoms with Gasteiger partial charge < -0.3 is 9.84 Å². The van der Waals surface area contributed by atoms with Crippen molar-refractivity contribution in [3.8, 4) is 22.6 Å². The van der Waals surface area contributed by atoms with E-state index in [0.29, 0.717) is 0 Å². The van der Waals surface area contributed by atoms with Gasteiger partial charge in [-0.05, 0) is 18.2 Å². The maximum atomic E-state index is 12.3. The number of aromatic hydroxyl groups is 1. The van der Waals surface area contributed by atoms with Crippen molar-refractivity contribution in [3.63, 3.8) is 0 Å². The molecule has 0 amide bonds. The van der Waals surface area contributed by atoms with E-state index in [9.17, 15) is 27.1 Å². The van der Waals surface area contributed by atoms with Crippen LogP contribution in [0.25, 0.3) is 11.1 Å². The first-order chi connectivity index (χ1) is 9.74. The van der Waals surface area contributed by atoms with Crippen LogP contribution in [0.4, 0.5) is 22.0 Å². The minimum Gasteiger partial charge on any atom is -0.508 e. The Morgan fingerprint density at radius 2 is 2.00 bits per heavy atom. The first-order valence-corrected chi connectivity index (χ1v) is 5.64. The average Bonchev–Trinajstić information content (AvgIpc) is 2.77. The fraction of sp³-hybridized carbons (Fsp3) is 0.250. The molecule has 0 atom stereocenters. The highest BCUT2D eigenvalue weighted by Gasteiger charge is 2.32. The number of hydrogen-bond acceptors (Lipinski definition) is 3. The normalized spacial score (nSPS) is 11.9. The molecule has 9 heteroatoms. The quantitative estimate of drug-likeness (QED) is 0.880. The summed E-state index contributed by atoms with van der Waals surface area (Å²) in [5.41, 5.74) is 0.0126. The fourth-order valence-electron chi connectivity index (χ4n) is 1.70. The molecule has 0 saturated heterocycles. The predicted molar refractivity (Wildman–Crippen MR) is 62.0 cm³/mol. The first-order valence-electron chi connectivity index (χ1n) is 5.64. The Labute approximate surface area is 115 Å². The maximum Gasteiger partial charge on any atom is 0.573 e. The van der Waals surface area contributed by atoms with Gasteiger partial charge >= 0.3 is 6.36 Å². The zero-order chi connectivity index (χ0) is 15.6. The van der Waals surface area contributed by atoms with E-state index in [-0.39, 0.29) is 16.9 Å². The smallest absolute Gasteiger partial charge is 0.508 e. The summed E-state index contributed by atoms with van der Waals surface area (Å²) < 4.78 is 66.1. The van der Waals surface area contributed by atoms with E-state index in [2.05, 4.69) is 9.84 Å². The van der Waals surface area contributed by atoms with Crippen LogP contribution < -0.4 is 4.74 Å². The lowest BCUT2D eigenvalue weighted by Gasteiger charge is -2.12. The molecule has 4 nitrogen and oxygen atoms in total. The summed E-state index contributed by atoms with van der Waals surface area (Å²) in [6.07, 6.45) is -5.30. The predicted octanol–water partition coefficient (Wildman–Crippen LogP) is 3.42. The Bertz CT molecular complexity index is 624. The Balaban J connectivity index is 2.37. The zero-order valence-electron chi connectivity index (χ0n) is 10.3. The third kappa shape index (κ3) is 4.07. The van der Waals surface area contributed by atoms with Crippen molar-refractivity contribution in [2.24, 2.45) is 0 Å². The molecular formula is C12H9F5N2O2. The molecule has 0 radical (unpaired) electrons. The summed E-state index contributed by atoms with van der Waals surface area (Å²) in [6, 6.07) is 2.99. The summed E-state index contributed by atoms with van der Waals surface area (Å²) in [4.78, 5) is 0. The van der Waals surface area contributed by atoms with Crippen LogP contribution >= 0.6 is 0 Å². The number of aromatic nitrogens is 2. The van der Waals surface area contributed by atoms with Crippen LogP contribution in [0.3, 0.4) is 0 Å². The Hall–Kier alpha value is -2.32. The highest BCUT2D eigenvalue weighted by atomic mass is 19.4. The molecule has 2 aromatic rings. The van der Waals surface area contributed by atoms with Gasteiger partial charge in [-0.1, -0.05) is 0 Å². The molecule has 0 aliphatic carbocycles. The second-order valence-corrected chi connectivity index (χ2v) is 4.07. The molecule has 1 aromatic heterocycles. The van der Waals surface area contributed by atoms with Crippen LogP contribution in [0.5, 0.6) is 11.5 Å². The third-order valence-corrected chi connectivity index (χ3v) is 2.46. The SMILES string of the molecule is Oc1ccc(OC(F)(F)F)c(-c2cnn(CC(F)F)c2)c1. The van der Waals surface area contributed by atoms with Crippen LogP contribution in [0.1, 0.15) is 0 Å². The van der Waals surface area contributed by atoms with Gasteiger partial charge in [0.05, 0.1) is 6.20 Å². The number of alkyl halides is 5. The average molecular weight is 308 g/mol. The van der Waals surface area contributed by atoms with E-state index in [1.165, 1.54) is 0 Å². The zero-order valence-corrected chi connectivity index (χ0v) is 10.3. The summed E-state index contributed by atoms with van der Waals surface area (Å²) in [7, 11) is 0. The molecule has 21 heavy (non-hydrogen) atoms. The number of ether oxygens (including phenoxy) is 1. The standard InChI is InChI=1S/C12H9F5N2O2/c13-11(14)6-19-5-7(4-18-19)9-3-8(20)1-2-10(9)21-12(15,16)17/h1-5,11,20H,6H2. The van der Waals surface area contributed by atoms with E-state index in [4.69, 9.17) is 0 Å². The molecule has 0 saturated carbocycles. The van der Waals surface area contributed by atoms with Crippen molar-refractivity contribution >= 4 is 0 Å². The summed E-state index contributed by atoms with van der Waals surface area (Å²) in [5, 5.41) is 13.0. The lowest BCUT2D eigenvalue weighted by molar-refractivity contribution is -0.274. The van der Waals surface area contributed by atoms with Crippen LogP contribution in [0, 0.1) is 0 Å². The summed E-state index contributed by atoms with van der Waals surface area (Å²) in [5.74, 6) is -0.849. The van der Waals surface area contributed by atoms with Gasteiger partial charge in [0, 0.05) is 17.3 Å². The van der Waals surface area contributed by atoms with Crippen molar-refractivity contribution in [2.45, 2.75) is 19.3 Å². The van der Waals surface area contributed by atoms with E-state index in [1.807, 2.05) is 0 Å². The molecule has 0 unspecified atom stereocenters. The van der Waals surface area contributed by atoms with Crippen molar-refractivity contribution in [1.82, 2.24) is 9.78 Å². The second kappa shape index (κ2) is 5.58. The number of rotatable bonds is 4. The molecule has 1 aromatic carbocycles. The molecule has 0 fully saturated rings. The Morgan fingerprint density at radius 1 is 1.29 bits per heavy atom. The lowest BCUT2D eigenvalue weighted by Crippen LogP contribution is -2.17. The Kier molecular flexibility index (Phi) is 4.01. The van der Waals surface area contributed by atoms with Gasteiger partial charge in [0.1, 0.15) is 18.0 Å². The van der Waals surface area contributed by atoms with Gasteiger partial charge in [-0.25, -0.2) is 8.78 Å². The topological polar surface area (TPSA) is 47.3 Å². The molecule has 0 aliphatic rings. The third-order valence-electron chi connectivity index (χ3n) is 2.46. The van der Waals surface area contributed by atoms with Crippen LogP contribution in [-0.4, -0.2) is 27.7 Å². The number of hydrogen-bond donors (Lipinski definition) is 1. The van der Waals surface area contributed by atoms with E-state index in [1.54, 1.807) is 0 Å². The number of nitrogens with zero attached hydrogens (tertiary/aromatic N) is 2. The Morgan fingerprint density at radius 3 is 2.62 bits per heavy atom. The van der Waals surface area contributed by atoms with Gasteiger partial charge in [-0.3, -0.25) is 4.68 Å². The second-order valence-electron chi connectivity index (χ2n) is 4.07. The molecule has 114 valence electrons. The van der Waals surface area contributed by atoms with E-state index < -0.39 is 25.1 Å². The van der Waals surface area contributed by atoms with Crippen LogP contribution in [0.15, 0.2) is 30.6 Å². The maximum absolute atomic E-state index is 12.3. The van der Waals surface area contributed by atoms with Crippen molar-refractivity contribution in [2.75, 3.05) is 0 Å². The largest absolute Gasteiger partial charge is 0.573 e. The van der Waals surface area contributed by atoms with E-state index in [0.717, 1.165) is 35.3 Å². The number of phenols is 1. The fourth-order valence-corrected chi connectivity index (χ4v) is 1.70. The van der Waals surface area contributed by atoms with E-state index >= 15 is 0 Å². The number of benzene rings is 1. The monoisotopic (exact) mass is 308 g/mol. The highest BCUT2D eigenvalue weighted by Crippen LogP contribution is 2.36. The summed E-state index contributed by atoms with van der Waals surface area (Å²) >= 11 is 0. The molecule has 0 spiro atoms. The molecule has 0 aliphatic heterocycles. The molecule has 0 bridgehead atoms. The van der Waals surface area contributed by atoms with Crippen molar-refractivity contribution < 1.29 is 31.8 Å². The minimum absolute atomic E-state index is 0.104. The molecule has 1 N–H and O–H groups in total. The van der Waals surface area contributed by atoms with Gasteiger partial charge in [-0.15, -0.1) is 13.2 Å². The highest BCUT2D eigenvalue weighted by molar-refractivity contribution is 5.70. The minimum atomic E-state index is -4.91. The lowest BCUT2D eigenvalue weighted by atomic mass is 10.1. The van der Waals surface area contributed by atoms with Gasteiger partial charge in [0.2, 0.25) is 0 Å². The first kappa shape index (κ1) is 15.1. The molecular weight excluding hydrogens is 299 g/mol. The van der Waals surface area contributed by atoms with Crippen molar-refractivity contribution in [3.05, 3.63) is 30.6 Å². The van der Waals surface area contributed by atoms with Gasteiger partial charge in [0.15, 0.2) is 0 Å².